The maximum absolute atomic E-state index is 12.5. The summed E-state index contributed by atoms with van der Waals surface area (Å²) in [6.45, 7) is 7.89. The molecule has 1 fully saturated rings. The number of rotatable bonds is 4. The Labute approximate surface area is 155 Å². The molecule has 2 rings (SSSR count). The van der Waals surface area contributed by atoms with Crippen LogP contribution >= 0.6 is 0 Å². The third-order valence-electron chi connectivity index (χ3n) is 5.05. The summed E-state index contributed by atoms with van der Waals surface area (Å²) in [6.07, 6.45) is 0.550. The van der Waals surface area contributed by atoms with Crippen molar-refractivity contribution in [3.8, 4) is 5.75 Å². The van der Waals surface area contributed by atoms with Crippen molar-refractivity contribution in [2.75, 3.05) is 20.2 Å². The summed E-state index contributed by atoms with van der Waals surface area (Å²) >= 11 is 0. The lowest BCUT2D eigenvalue weighted by atomic mass is 9.66. The number of ether oxygens (including phenoxy) is 2. The van der Waals surface area contributed by atoms with Crippen LogP contribution in [0.3, 0.4) is 0 Å². The Balaban J connectivity index is 2.31. The number of carbonyl (C=O) groups excluding carboxylic acids is 1. The monoisotopic (exact) mass is 363 g/mol. The van der Waals surface area contributed by atoms with E-state index >= 15 is 0 Å². The Hall–Kier alpha value is -2.24. The molecule has 1 aliphatic rings. The molecule has 6 nitrogen and oxygen atoms in total. The summed E-state index contributed by atoms with van der Waals surface area (Å²) in [4.78, 5) is 26.3. The van der Waals surface area contributed by atoms with E-state index in [1.54, 1.807) is 27.9 Å². The summed E-state index contributed by atoms with van der Waals surface area (Å²) in [7, 11) is 1.60. The lowest BCUT2D eigenvalue weighted by molar-refractivity contribution is -0.154. The quantitative estimate of drug-likeness (QED) is 0.878. The molecular weight excluding hydrogens is 334 g/mol. The van der Waals surface area contributed by atoms with E-state index in [4.69, 9.17) is 9.47 Å². The molecule has 1 saturated heterocycles. The molecule has 1 aliphatic heterocycles. The number of carbonyl (C=O) groups is 2. The van der Waals surface area contributed by atoms with Gasteiger partial charge in [-0.1, -0.05) is 19.1 Å². The normalized spacial score (nSPS) is 23.4. The summed E-state index contributed by atoms with van der Waals surface area (Å²) in [6, 6.07) is 7.52. The number of aliphatic carboxylic acids is 1. The van der Waals surface area contributed by atoms with E-state index in [-0.39, 0.29) is 12.5 Å². The molecule has 144 valence electrons. The van der Waals surface area contributed by atoms with Gasteiger partial charge in [-0.3, -0.25) is 4.79 Å². The maximum atomic E-state index is 12.5. The van der Waals surface area contributed by atoms with Crippen molar-refractivity contribution in [3.05, 3.63) is 29.8 Å². The molecule has 0 bridgehead atoms. The molecule has 0 unspecified atom stereocenters. The highest BCUT2D eigenvalue weighted by Crippen LogP contribution is 2.46. The Morgan fingerprint density at radius 2 is 1.88 bits per heavy atom. The maximum Gasteiger partial charge on any atom is 0.410 e. The van der Waals surface area contributed by atoms with Crippen LogP contribution in [0.5, 0.6) is 5.75 Å². The second-order valence-electron chi connectivity index (χ2n) is 7.83. The van der Waals surface area contributed by atoms with Crippen molar-refractivity contribution < 1.29 is 24.2 Å². The van der Waals surface area contributed by atoms with Crippen LogP contribution in [-0.2, 0) is 9.53 Å². The summed E-state index contributed by atoms with van der Waals surface area (Å²) < 4.78 is 10.6. The van der Waals surface area contributed by atoms with Crippen LogP contribution < -0.4 is 4.74 Å². The molecule has 1 aromatic rings. The summed E-state index contributed by atoms with van der Waals surface area (Å²) in [5.41, 5.74) is -0.690. The molecule has 0 aromatic heterocycles. The topological polar surface area (TPSA) is 76.1 Å². The molecule has 1 aromatic carbocycles. The number of nitrogens with zero attached hydrogens (tertiary/aromatic N) is 1. The van der Waals surface area contributed by atoms with Gasteiger partial charge in [0.05, 0.1) is 12.5 Å². The average molecular weight is 363 g/mol. The van der Waals surface area contributed by atoms with Crippen molar-refractivity contribution in [2.24, 2.45) is 5.41 Å². The van der Waals surface area contributed by atoms with Gasteiger partial charge >= 0.3 is 12.1 Å². The number of piperidine rings is 1. The first-order chi connectivity index (χ1) is 12.1. The van der Waals surface area contributed by atoms with Crippen molar-refractivity contribution in [1.82, 2.24) is 4.90 Å². The van der Waals surface area contributed by atoms with Gasteiger partial charge in [0.25, 0.3) is 0 Å². The van der Waals surface area contributed by atoms with E-state index in [1.807, 2.05) is 31.2 Å². The van der Waals surface area contributed by atoms with Crippen molar-refractivity contribution in [3.63, 3.8) is 0 Å². The number of likely N-dealkylation sites (tertiary alicyclic amines) is 1. The molecule has 1 N–H and O–H groups in total. The van der Waals surface area contributed by atoms with Crippen LogP contribution in [0.15, 0.2) is 24.3 Å². The highest BCUT2D eigenvalue weighted by atomic mass is 16.6. The predicted octanol–water partition coefficient (Wildman–Crippen LogP) is 3.90. The average Bonchev–Trinajstić information content (AvgIpc) is 2.59. The molecule has 0 saturated carbocycles. The number of hydrogen-bond donors (Lipinski definition) is 1. The lowest BCUT2D eigenvalue weighted by Gasteiger charge is -2.45. The fraction of sp³-hybridized carbons (Fsp3) is 0.600. The molecule has 1 amide bonds. The number of carboxylic acid groups (broad SMARTS) is 1. The van der Waals surface area contributed by atoms with Gasteiger partial charge < -0.3 is 19.5 Å². The zero-order valence-electron chi connectivity index (χ0n) is 16.2. The van der Waals surface area contributed by atoms with Crippen LogP contribution in [0.4, 0.5) is 4.79 Å². The molecule has 0 aliphatic carbocycles. The fourth-order valence-corrected chi connectivity index (χ4v) is 3.62. The van der Waals surface area contributed by atoms with Gasteiger partial charge in [-0.25, -0.2) is 4.79 Å². The first-order valence-corrected chi connectivity index (χ1v) is 8.98. The van der Waals surface area contributed by atoms with Gasteiger partial charge in [-0.05, 0) is 51.3 Å². The smallest absolute Gasteiger partial charge is 0.410 e. The number of amides is 1. The number of benzene rings is 1. The van der Waals surface area contributed by atoms with Gasteiger partial charge in [-0.2, -0.15) is 0 Å². The fourth-order valence-electron chi connectivity index (χ4n) is 3.62. The molecule has 1 heterocycles. The van der Waals surface area contributed by atoms with E-state index in [0.717, 1.165) is 11.3 Å². The standard InChI is InChI=1S/C20H29NO5/c1-6-20(17(22)23)13-21(18(24)26-19(2,3)4)12-11-16(20)14-7-9-15(25-5)10-8-14/h7-10,16H,6,11-13H2,1-5H3,(H,22,23)/t16-,20+/m1/s1. The molecular formula is C20H29NO5. The van der Waals surface area contributed by atoms with Gasteiger partial charge in [0.1, 0.15) is 11.4 Å². The molecule has 0 radical (unpaired) electrons. The minimum Gasteiger partial charge on any atom is -0.497 e. The Morgan fingerprint density at radius 1 is 1.27 bits per heavy atom. The first-order valence-electron chi connectivity index (χ1n) is 8.98. The number of carboxylic acids is 1. The van der Waals surface area contributed by atoms with Gasteiger partial charge in [0.2, 0.25) is 0 Å². The molecule has 6 heteroatoms. The molecule has 2 atom stereocenters. The van der Waals surface area contributed by atoms with E-state index in [2.05, 4.69) is 0 Å². The summed E-state index contributed by atoms with van der Waals surface area (Å²) in [5.74, 6) is -0.318. The van der Waals surface area contributed by atoms with E-state index in [0.29, 0.717) is 19.4 Å². The van der Waals surface area contributed by atoms with Gasteiger partial charge in [0.15, 0.2) is 0 Å². The number of hydrogen-bond acceptors (Lipinski definition) is 4. The van der Waals surface area contributed by atoms with Crippen molar-refractivity contribution >= 4 is 12.1 Å². The van der Waals surface area contributed by atoms with Crippen LogP contribution in [0.25, 0.3) is 0 Å². The number of methoxy groups -OCH3 is 1. The Bertz CT molecular complexity index is 649. The first kappa shape index (κ1) is 20.1. The Morgan fingerprint density at radius 3 is 2.35 bits per heavy atom. The minimum atomic E-state index is -1.04. The van der Waals surface area contributed by atoms with Crippen LogP contribution in [0, 0.1) is 5.41 Å². The van der Waals surface area contributed by atoms with Gasteiger partial charge in [-0.15, -0.1) is 0 Å². The third-order valence-corrected chi connectivity index (χ3v) is 5.05. The van der Waals surface area contributed by atoms with Crippen molar-refractivity contribution in [2.45, 2.75) is 52.1 Å². The SMILES string of the molecule is CC[C@]1(C(=O)O)CN(C(=O)OC(C)(C)C)CC[C@@H]1c1ccc(OC)cc1. The van der Waals surface area contributed by atoms with E-state index in [9.17, 15) is 14.7 Å². The predicted molar refractivity (Wildman–Crippen MR) is 98.5 cm³/mol. The third kappa shape index (κ3) is 4.11. The highest BCUT2D eigenvalue weighted by Gasteiger charge is 2.50. The second-order valence-corrected chi connectivity index (χ2v) is 7.83. The zero-order valence-corrected chi connectivity index (χ0v) is 16.2. The largest absolute Gasteiger partial charge is 0.497 e. The zero-order chi connectivity index (χ0) is 19.5. The minimum absolute atomic E-state index is 0.143. The second kappa shape index (κ2) is 7.56. The van der Waals surface area contributed by atoms with Crippen LogP contribution in [0.2, 0.25) is 0 Å². The van der Waals surface area contributed by atoms with Crippen LogP contribution in [0.1, 0.15) is 52.0 Å². The lowest BCUT2D eigenvalue weighted by Crippen LogP contribution is -2.54. The molecule has 0 spiro atoms. The van der Waals surface area contributed by atoms with Gasteiger partial charge in [0, 0.05) is 19.0 Å². The van der Waals surface area contributed by atoms with E-state index < -0.39 is 23.1 Å². The summed E-state index contributed by atoms with van der Waals surface area (Å²) in [5, 5.41) is 10.0. The molecule has 26 heavy (non-hydrogen) atoms. The van der Waals surface area contributed by atoms with Crippen molar-refractivity contribution in [1.29, 1.82) is 0 Å². The van der Waals surface area contributed by atoms with E-state index in [1.165, 1.54) is 4.90 Å². The van der Waals surface area contributed by atoms with Crippen LogP contribution in [-0.4, -0.2) is 47.9 Å². The highest BCUT2D eigenvalue weighted by molar-refractivity contribution is 5.78. The Kier molecular flexibility index (Phi) is 5.84.